The molecule has 0 radical (unpaired) electrons. The molecule has 31 heavy (non-hydrogen) atoms. The normalized spacial score (nSPS) is 10.4. The van der Waals surface area contributed by atoms with Gasteiger partial charge in [0.25, 0.3) is 0 Å². The molecule has 0 fully saturated rings. The predicted molar refractivity (Wildman–Crippen MR) is 133 cm³/mol. The molecule has 162 valence electrons. The quantitative estimate of drug-likeness (QED) is 0.263. The summed E-state index contributed by atoms with van der Waals surface area (Å²) in [7, 11) is -0.210. The molecule has 0 aromatic heterocycles. The molecule has 0 atom stereocenters. The SMILES string of the molecule is CC(C)P(c1ccccc1)c1ccccc1.[Cl-].[Pd+][P](c1ccccc1)c1ccccc1. The fourth-order valence-electron chi connectivity index (χ4n) is 3.17. The Balaban J connectivity index is 0.000000215. The summed E-state index contributed by atoms with van der Waals surface area (Å²) < 4.78 is 0. The Labute approximate surface area is 206 Å². The molecule has 0 amide bonds. The van der Waals surface area contributed by atoms with Crippen molar-refractivity contribution >= 4 is 35.3 Å². The molecular weight excluding hydrogens is 528 g/mol. The van der Waals surface area contributed by atoms with Crippen LogP contribution in [0.3, 0.4) is 0 Å². The second-order valence-electron chi connectivity index (χ2n) is 7.06. The van der Waals surface area contributed by atoms with Crippen LogP contribution in [0.15, 0.2) is 121 Å². The van der Waals surface area contributed by atoms with Crippen molar-refractivity contribution in [1.29, 1.82) is 0 Å². The molecule has 0 aliphatic rings. The fourth-order valence-corrected chi connectivity index (χ4v) is 8.17. The monoisotopic (exact) mass is 554 g/mol. The van der Waals surface area contributed by atoms with Crippen molar-refractivity contribution in [2.45, 2.75) is 19.5 Å². The van der Waals surface area contributed by atoms with Crippen LogP contribution in [-0.4, -0.2) is 5.66 Å². The van der Waals surface area contributed by atoms with E-state index in [1.54, 1.807) is 0 Å². The zero-order valence-electron chi connectivity index (χ0n) is 17.7. The average molecular weight is 555 g/mol. The van der Waals surface area contributed by atoms with E-state index < -0.39 is 0 Å². The molecule has 0 saturated carbocycles. The number of halogens is 1. The first-order valence-corrected chi connectivity index (χ1v) is 14.8. The molecule has 4 aromatic carbocycles. The van der Waals surface area contributed by atoms with Gasteiger partial charge in [-0.1, -0.05) is 74.5 Å². The van der Waals surface area contributed by atoms with Gasteiger partial charge < -0.3 is 12.4 Å². The molecule has 0 spiro atoms. The Morgan fingerprint density at radius 3 is 1.00 bits per heavy atom. The van der Waals surface area contributed by atoms with Crippen LogP contribution in [-0.2, 0) is 18.7 Å². The fraction of sp³-hybridized carbons (Fsp3) is 0.111. The van der Waals surface area contributed by atoms with Crippen LogP contribution in [0.1, 0.15) is 13.8 Å². The van der Waals surface area contributed by atoms with Crippen LogP contribution >= 0.6 is 14.0 Å². The van der Waals surface area contributed by atoms with Gasteiger partial charge in [-0.3, -0.25) is 0 Å². The standard InChI is InChI=1S/C15H17P.C12H10P.ClH.Pd/c1-13(2)16(14-9-5-3-6-10-14)15-11-7-4-8-12-15;1-3-7-11(8-4-1)13-12-9-5-2-6-10-12;;/h3-13H,1-2H3;1-10H;1H;/q;-1;;+2/p-1. The van der Waals surface area contributed by atoms with Gasteiger partial charge in [-0.25, -0.2) is 0 Å². The molecule has 0 nitrogen and oxygen atoms in total. The van der Waals surface area contributed by atoms with Gasteiger partial charge >= 0.3 is 96.1 Å². The van der Waals surface area contributed by atoms with Gasteiger partial charge in [0.1, 0.15) is 0 Å². The van der Waals surface area contributed by atoms with Gasteiger partial charge in [0.15, 0.2) is 0 Å². The number of hydrogen-bond donors (Lipinski definition) is 0. The molecule has 0 N–H and O–H groups in total. The Morgan fingerprint density at radius 1 is 0.484 bits per heavy atom. The third-order valence-corrected chi connectivity index (χ3v) is 11.1. The van der Waals surface area contributed by atoms with E-state index in [0.717, 1.165) is 0 Å². The minimum atomic E-state index is -0.321. The predicted octanol–water partition coefficient (Wildman–Crippen LogP) is 3.11. The molecule has 0 aliphatic heterocycles. The first kappa shape index (κ1) is 25.9. The summed E-state index contributed by atoms with van der Waals surface area (Å²) in [5, 5.41) is 5.69. The maximum absolute atomic E-state index is 3.47. The third-order valence-electron chi connectivity index (χ3n) is 4.52. The van der Waals surface area contributed by atoms with Crippen LogP contribution in [0.5, 0.6) is 0 Å². The Morgan fingerprint density at radius 2 is 0.742 bits per heavy atom. The maximum atomic E-state index is 3.47. The summed E-state index contributed by atoms with van der Waals surface area (Å²) in [6, 6.07) is 42.8. The number of rotatable bonds is 5. The van der Waals surface area contributed by atoms with Crippen molar-refractivity contribution in [3.05, 3.63) is 121 Å². The molecular formula is C27H27ClP2Pd. The zero-order valence-corrected chi connectivity index (χ0v) is 21.8. The Hall–Kier alpha value is -1.31. The molecule has 0 bridgehead atoms. The van der Waals surface area contributed by atoms with Crippen LogP contribution < -0.4 is 33.6 Å². The summed E-state index contributed by atoms with van der Waals surface area (Å²) in [5.41, 5.74) is 0.680. The Kier molecular flexibility index (Phi) is 11.7. The van der Waals surface area contributed by atoms with E-state index in [1.165, 1.54) is 21.2 Å². The topological polar surface area (TPSA) is 0 Å². The summed E-state index contributed by atoms with van der Waals surface area (Å²) in [4.78, 5) is 0. The van der Waals surface area contributed by atoms with E-state index >= 15 is 0 Å². The van der Waals surface area contributed by atoms with Crippen LogP contribution in [0.4, 0.5) is 0 Å². The second kappa shape index (κ2) is 14.0. The van der Waals surface area contributed by atoms with Gasteiger partial charge in [0.05, 0.1) is 0 Å². The molecule has 4 heteroatoms. The molecule has 0 unspecified atom stereocenters. The van der Waals surface area contributed by atoms with Gasteiger partial charge in [0, 0.05) is 0 Å². The first-order valence-electron chi connectivity index (χ1n) is 10.1. The van der Waals surface area contributed by atoms with E-state index in [9.17, 15) is 0 Å². The van der Waals surface area contributed by atoms with Crippen LogP contribution in [0.25, 0.3) is 0 Å². The number of hydrogen-bond acceptors (Lipinski definition) is 0. The van der Waals surface area contributed by atoms with Gasteiger partial charge in [-0.15, -0.1) is 0 Å². The average Bonchev–Trinajstić information content (AvgIpc) is 2.81. The second-order valence-corrected chi connectivity index (χ2v) is 13.5. The molecule has 0 aliphatic carbocycles. The van der Waals surface area contributed by atoms with Crippen molar-refractivity contribution in [3.8, 4) is 0 Å². The third kappa shape index (κ3) is 7.96. The van der Waals surface area contributed by atoms with E-state index in [2.05, 4.69) is 154 Å². The number of benzene rings is 4. The van der Waals surface area contributed by atoms with Crippen LogP contribution in [0.2, 0.25) is 0 Å². The minimum absolute atomic E-state index is 0. The van der Waals surface area contributed by atoms with Gasteiger partial charge in [-0.05, 0) is 24.2 Å². The van der Waals surface area contributed by atoms with Crippen molar-refractivity contribution in [2.24, 2.45) is 0 Å². The van der Waals surface area contributed by atoms with Crippen molar-refractivity contribution in [2.75, 3.05) is 0 Å². The van der Waals surface area contributed by atoms with E-state index in [1.807, 2.05) is 0 Å². The molecule has 4 aromatic rings. The van der Waals surface area contributed by atoms with E-state index in [-0.39, 0.29) is 26.4 Å². The van der Waals surface area contributed by atoms with Crippen molar-refractivity contribution in [3.63, 3.8) is 0 Å². The van der Waals surface area contributed by atoms with Crippen molar-refractivity contribution < 1.29 is 31.1 Å². The van der Waals surface area contributed by atoms with Gasteiger partial charge in [-0.2, -0.15) is 0 Å². The van der Waals surface area contributed by atoms with Crippen molar-refractivity contribution in [1.82, 2.24) is 0 Å². The van der Waals surface area contributed by atoms with Gasteiger partial charge in [0.2, 0.25) is 0 Å². The van der Waals surface area contributed by atoms with Crippen LogP contribution in [0, 0.1) is 0 Å². The van der Waals surface area contributed by atoms with E-state index in [0.29, 0.717) is 5.66 Å². The van der Waals surface area contributed by atoms with E-state index in [4.69, 9.17) is 0 Å². The summed E-state index contributed by atoms with van der Waals surface area (Å²) in [6.45, 7) is 4.62. The Bertz CT molecular complexity index is 902. The summed E-state index contributed by atoms with van der Waals surface area (Å²) >= 11 is 3.47. The molecule has 0 heterocycles. The first-order chi connectivity index (χ1) is 14.7. The molecule has 0 saturated heterocycles. The zero-order chi connectivity index (χ0) is 21.2. The summed E-state index contributed by atoms with van der Waals surface area (Å²) in [6.07, 6.45) is -0.321. The molecule has 4 rings (SSSR count). The summed E-state index contributed by atoms with van der Waals surface area (Å²) in [5.74, 6) is 0.